The Morgan fingerprint density at radius 1 is 1.24 bits per heavy atom. The van der Waals surface area contributed by atoms with Crippen LogP contribution in [0.5, 0.6) is 0 Å². The Balaban J connectivity index is 1.82. The van der Waals surface area contributed by atoms with E-state index in [4.69, 9.17) is 0 Å². The smallest absolute Gasteiger partial charge is 0.255 e. The minimum Gasteiger partial charge on any atom is -0.322 e. The molecule has 1 amide bonds. The molecule has 0 radical (unpaired) electrons. The Morgan fingerprint density at radius 2 is 2.00 bits per heavy atom. The number of carbonyl (C=O) groups excluding carboxylic acids is 1. The predicted molar refractivity (Wildman–Crippen MR) is 98.4 cm³/mol. The summed E-state index contributed by atoms with van der Waals surface area (Å²) in [5, 5.41) is 2.81. The zero-order valence-corrected chi connectivity index (χ0v) is 14.9. The van der Waals surface area contributed by atoms with Gasteiger partial charge in [0.2, 0.25) is 10.0 Å². The van der Waals surface area contributed by atoms with Gasteiger partial charge < -0.3 is 5.32 Å². The van der Waals surface area contributed by atoms with Crippen LogP contribution in [0.2, 0.25) is 0 Å². The van der Waals surface area contributed by atoms with Crippen molar-refractivity contribution in [2.75, 3.05) is 21.9 Å². The van der Waals surface area contributed by atoms with Crippen LogP contribution >= 0.6 is 0 Å². The first-order chi connectivity index (χ1) is 12.0. The summed E-state index contributed by atoms with van der Waals surface area (Å²) in [4.78, 5) is 16.2. The van der Waals surface area contributed by atoms with E-state index in [1.54, 1.807) is 36.7 Å². The third-order valence-corrected chi connectivity index (χ3v) is 6.09. The summed E-state index contributed by atoms with van der Waals surface area (Å²) >= 11 is 0. The number of aromatic nitrogens is 1. The number of benzene rings is 1. The molecule has 2 heterocycles. The zero-order chi connectivity index (χ0) is 17.9. The highest BCUT2D eigenvalue weighted by Crippen LogP contribution is 2.33. The molecule has 0 unspecified atom stereocenters. The Hall–Kier alpha value is -2.41. The molecule has 0 fully saturated rings. The number of rotatable bonds is 6. The monoisotopic (exact) mass is 359 g/mol. The van der Waals surface area contributed by atoms with Gasteiger partial charge in [-0.25, -0.2) is 8.42 Å². The van der Waals surface area contributed by atoms with Crippen LogP contribution in [0.1, 0.15) is 35.7 Å². The Labute approximate surface area is 147 Å². The van der Waals surface area contributed by atoms with E-state index in [9.17, 15) is 13.2 Å². The predicted octanol–water partition coefficient (Wildman–Crippen LogP) is 2.83. The highest BCUT2D eigenvalue weighted by molar-refractivity contribution is 7.92. The number of nitrogens with zero attached hydrogens (tertiary/aromatic N) is 2. The lowest BCUT2D eigenvalue weighted by atomic mass is 10.1. The van der Waals surface area contributed by atoms with Crippen molar-refractivity contribution in [1.29, 1.82) is 0 Å². The molecule has 2 aromatic rings. The molecule has 1 aliphatic heterocycles. The van der Waals surface area contributed by atoms with Gasteiger partial charge in [-0.15, -0.1) is 0 Å². The highest BCUT2D eigenvalue weighted by atomic mass is 32.2. The first kappa shape index (κ1) is 17.4. The lowest BCUT2D eigenvalue weighted by Gasteiger charge is -2.20. The van der Waals surface area contributed by atoms with E-state index in [0.29, 0.717) is 36.3 Å². The maximum absolute atomic E-state index is 12.5. The molecule has 0 aliphatic carbocycles. The first-order valence-electron chi connectivity index (χ1n) is 8.36. The molecule has 132 valence electrons. The van der Waals surface area contributed by atoms with Crippen LogP contribution in [-0.2, 0) is 16.4 Å². The first-order valence-corrected chi connectivity index (χ1v) is 9.97. The van der Waals surface area contributed by atoms with Gasteiger partial charge in [-0.1, -0.05) is 19.4 Å². The topological polar surface area (TPSA) is 79.4 Å². The summed E-state index contributed by atoms with van der Waals surface area (Å²) in [6.45, 7) is 2.43. The normalized spacial score (nSPS) is 13.6. The van der Waals surface area contributed by atoms with Gasteiger partial charge in [0.15, 0.2) is 0 Å². The molecule has 6 nitrogen and oxygen atoms in total. The van der Waals surface area contributed by atoms with Crippen LogP contribution < -0.4 is 9.62 Å². The van der Waals surface area contributed by atoms with Crippen molar-refractivity contribution >= 4 is 27.3 Å². The summed E-state index contributed by atoms with van der Waals surface area (Å²) in [6.07, 6.45) is 5.28. The number of pyridine rings is 1. The quantitative estimate of drug-likeness (QED) is 0.860. The fraction of sp³-hybridized carbons (Fsp3) is 0.333. The molecule has 0 atom stereocenters. The Bertz CT molecular complexity index is 866. The average Bonchev–Trinajstić information content (AvgIpc) is 3.05. The Morgan fingerprint density at radius 3 is 2.72 bits per heavy atom. The molecule has 7 heteroatoms. The molecule has 3 rings (SSSR count). The van der Waals surface area contributed by atoms with Crippen LogP contribution in [0.3, 0.4) is 0 Å². The number of anilines is 2. The number of sulfonamides is 1. The van der Waals surface area contributed by atoms with Crippen molar-refractivity contribution < 1.29 is 13.2 Å². The Kier molecular flexibility index (Phi) is 5.03. The molecular formula is C18H21N3O3S. The van der Waals surface area contributed by atoms with E-state index in [2.05, 4.69) is 10.3 Å². The lowest BCUT2D eigenvalue weighted by Crippen LogP contribution is -2.31. The fourth-order valence-electron chi connectivity index (χ4n) is 2.86. The van der Waals surface area contributed by atoms with Crippen LogP contribution in [0.25, 0.3) is 0 Å². The van der Waals surface area contributed by atoms with Gasteiger partial charge in [-0.3, -0.25) is 14.1 Å². The van der Waals surface area contributed by atoms with Crippen molar-refractivity contribution in [2.45, 2.75) is 26.2 Å². The van der Waals surface area contributed by atoms with E-state index in [0.717, 1.165) is 12.0 Å². The maximum atomic E-state index is 12.5. The molecule has 0 bridgehead atoms. The molecule has 0 saturated heterocycles. The van der Waals surface area contributed by atoms with Gasteiger partial charge in [-0.05, 0) is 42.7 Å². The SMILES string of the molecule is CCCCS(=O)(=O)N1CCc2ccc(NC(=O)c3ccncc3)cc21. The summed E-state index contributed by atoms with van der Waals surface area (Å²) in [5.41, 5.74) is 2.74. The molecule has 1 N–H and O–H groups in total. The minimum atomic E-state index is -3.32. The van der Waals surface area contributed by atoms with Crippen LogP contribution in [0.15, 0.2) is 42.7 Å². The number of fused-ring (bicyclic) bond motifs is 1. The largest absolute Gasteiger partial charge is 0.322 e. The third kappa shape index (κ3) is 3.82. The van der Waals surface area contributed by atoms with E-state index in [1.807, 2.05) is 13.0 Å². The molecule has 0 spiro atoms. The number of amides is 1. The summed E-state index contributed by atoms with van der Waals surface area (Å²) in [6, 6.07) is 8.69. The van der Waals surface area contributed by atoms with Crippen LogP contribution in [0, 0.1) is 0 Å². The number of nitrogens with one attached hydrogen (secondary N) is 1. The van der Waals surface area contributed by atoms with Crippen molar-refractivity contribution in [2.24, 2.45) is 0 Å². The molecule has 1 aromatic carbocycles. The number of hydrogen-bond acceptors (Lipinski definition) is 4. The van der Waals surface area contributed by atoms with E-state index in [1.165, 1.54) is 4.31 Å². The standard InChI is InChI=1S/C18H21N3O3S/c1-2-3-12-25(23,24)21-11-8-14-4-5-16(13-17(14)21)20-18(22)15-6-9-19-10-7-15/h4-7,9-10,13H,2-3,8,11-12H2,1H3,(H,20,22). The molecule has 25 heavy (non-hydrogen) atoms. The van der Waals surface area contributed by atoms with Gasteiger partial charge in [0.25, 0.3) is 5.91 Å². The maximum Gasteiger partial charge on any atom is 0.255 e. The van der Waals surface area contributed by atoms with Crippen molar-refractivity contribution in [3.05, 3.63) is 53.9 Å². The van der Waals surface area contributed by atoms with Crippen molar-refractivity contribution in [3.8, 4) is 0 Å². The lowest BCUT2D eigenvalue weighted by molar-refractivity contribution is 0.102. The second-order valence-electron chi connectivity index (χ2n) is 6.03. The van der Waals surface area contributed by atoms with Gasteiger partial charge in [0.05, 0.1) is 11.4 Å². The average molecular weight is 359 g/mol. The van der Waals surface area contributed by atoms with E-state index < -0.39 is 10.0 Å². The number of carbonyl (C=O) groups is 1. The second-order valence-corrected chi connectivity index (χ2v) is 8.04. The minimum absolute atomic E-state index is 0.149. The molecule has 1 aromatic heterocycles. The van der Waals surface area contributed by atoms with Gasteiger partial charge >= 0.3 is 0 Å². The number of unbranched alkanes of at least 4 members (excludes halogenated alkanes) is 1. The van der Waals surface area contributed by atoms with Crippen molar-refractivity contribution in [3.63, 3.8) is 0 Å². The van der Waals surface area contributed by atoms with Crippen molar-refractivity contribution in [1.82, 2.24) is 4.98 Å². The summed E-state index contributed by atoms with van der Waals surface area (Å²) < 4.78 is 26.6. The summed E-state index contributed by atoms with van der Waals surface area (Å²) in [7, 11) is -3.32. The van der Waals surface area contributed by atoms with Gasteiger partial charge in [0.1, 0.15) is 0 Å². The molecular weight excluding hydrogens is 338 g/mol. The molecule has 1 aliphatic rings. The molecule has 0 saturated carbocycles. The van der Waals surface area contributed by atoms with Crippen LogP contribution in [0.4, 0.5) is 11.4 Å². The van der Waals surface area contributed by atoms with Gasteiger partial charge in [-0.2, -0.15) is 0 Å². The summed E-state index contributed by atoms with van der Waals surface area (Å²) in [5.74, 6) is -0.1000. The van der Waals surface area contributed by atoms with Gasteiger partial charge in [0, 0.05) is 30.2 Å². The second kappa shape index (κ2) is 7.23. The fourth-order valence-corrected chi connectivity index (χ4v) is 4.57. The van der Waals surface area contributed by atoms with E-state index >= 15 is 0 Å². The van der Waals surface area contributed by atoms with E-state index in [-0.39, 0.29) is 11.7 Å². The van der Waals surface area contributed by atoms with Crippen LogP contribution in [-0.4, -0.2) is 31.6 Å². The third-order valence-electron chi connectivity index (χ3n) is 4.23. The number of hydrogen-bond donors (Lipinski definition) is 1. The highest BCUT2D eigenvalue weighted by Gasteiger charge is 2.29. The zero-order valence-electron chi connectivity index (χ0n) is 14.1.